The third kappa shape index (κ3) is 1.95. The van der Waals surface area contributed by atoms with Gasteiger partial charge in [-0.3, -0.25) is 0 Å². The van der Waals surface area contributed by atoms with Crippen molar-refractivity contribution in [3.05, 3.63) is 30.7 Å². The second kappa shape index (κ2) is 4.52. The zero-order chi connectivity index (χ0) is 13.2. The van der Waals surface area contributed by atoms with Crippen LogP contribution < -0.4 is 9.47 Å². The summed E-state index contributed by atoms with van der Waals surface area (Å²) in [6, 6.07) is 5.49. The molecule has 0 aliphatic rings. The van der Waals surface area contributed by atoms with Crippen LogP contribution in [0.25, 0.3) is 17.0 Å². The van der Waals surface area contributed by atoms with Crippen molar-refractivity contribution in [2.75, 3.05) is 14.2 Å². The quantitative estimate of drug-likeness (QED) is 0.702. The molecule has 19 heavy (non-hydrogen) atoms. The van der Waals surface area contributed by atoms with E-state index in [0.29, 0.717) is 17.2 Å². The van der Waals surface area contributed by atoms with Crippen LogP contribution >= 0.6 is 0 Å². The highest BCUT2D eigenvalue weighted by atomic mass is 16.5. The Morgan fingerprint density at radius 2 is 2.05 bits per heavy atom. The SMILES string of the molecule is COc1ccc(OC)c(-c2cnn3cnnc3n2)c1. The van der Waals surface area contributed by atoms with Gasteiger partial charge < -0.3 is 9.47 Å². The average Bonchev–Trinajstić information content (AvgIpc) is 2.93. The van der Waals surface area contributed by atoms with Crippen LogP contribution in [0.5, 0.6) is 11.5 Å². The fourth-order valence-corrected chi connectivity index (χ4v) is 1.78. The molecule has 0 radical (unpaired) electrons. The van der Waals surface area contributed by atoms with Gasteiger partial charge >= 0.3 is 0 Å². The van der Waals surface area contributed by atoms with Crippen molar-refractivity contribution in [1.82, 2.24) is 24.8 Å². The van der Waals surface area contributed by atoms with Gasteiger partial charge in [-0.1, -0.05) is 0 Å². The number of ether oxygens (including phenoxy) is 2. The predicted molar refractivity (Wildman–Crippen MR) is 67.1 cm³/mol. The van der Waals surface area contributed by atoms with Gasteiger partial charge in [-0.2, -0.15) is 9.61 Å². The lowest BCUT2D eigenvalue weighted by molar-refractivity contribution is 0.404. The summed E-state index contributed by atoms with van der Waals surface area (Å²) in [4.78, 5) is 4.38. The summed E-state index contributed by atoms with van der Waals surface area (Å²) in [5.41, 5.74) is 1.44. The molecule has 0 atom stereocenters. The molecule has 0 aliphatic carbocycles. The fourth-order valence-electron chi connectivity index (χ4n) is 1.78. The van der Waals surface area contributed by atoms with Gasteiger partial charge in [-0.05, 0) is 18.2 Å². The first-order valence-electron chi connectivity index (χ1n) is 5.57. The van der Waals surface area contributed by atoms with Crippen molar-refractivity contribution < 1.29 is 9.47 Å². The third-order valence-corrected chi connectivity index (χ3v) is 2.72. The molecule has 0 bridgehead atoms. The number of hydrogen-bond donors (Lipinski definition) is 0. The molecule has 2 heterocycles. The minimum absolute atomic E-state index is 0.433. The van der Waals surface area contributed by atoms with Gasteiger partial charge in [0, 0.05) is 5.56 Å². The maximum Gasteiger partial charge on any atom is 0.272 e. The van der Waals surface area contributed by atoms with E-state index in [9.17, 15) is 0 Å². The van der Waals surface area contributed by atoms with Crippen molar-refractivity contribution in [3.8, 4) is 22.8 Å². The molecule has 7 heteroatoms. The van der Waals surface area contributed by atoms with Crippen molar-refractivity contribution in [2.24, 2.45) is 0 Å². The van der Waals surface area contributed by atoms with Gasteiger partial charge in [-0.15, -0.1) is 10.2 Å². The van der Waals surface area contributed by atoms with E-state index >= 15 is 0 Å². The number of fused-ring (bicyclic) bond motifs is 1. The molecule has 2 aromatic heterocycles. The standard InChI is InChI=1S/C12H11N5O2/c1-18-8-3-4-11(19-2)9(5-8)10-6-14-17-7-13-16-12(17)15-10/h3-7H,1-2H3. The Morgan fingerprint density at radius 1 is 1.16 bits per heavy atom. The first-order valence-corrected chi connectivity index (χ1v) is 5.57. The second-order valence-electron chi connectivity index (χ2n) is 3.78. The lowest BCUT2D eigenvalue weighted by atomic mass is 10.1. The van der Waals surface area contributed by atoms with Gasteiger partial charge in [0.25, 0.3) is 5.78 Å². The lowest BCUT2D eigenvalue weighted by Crippen LogP contribution is -1.97. The smallest absolute Gasteiger partial charge is 0.272 e. The molecule has 3 aromatic rings. The minimum Gasteiger partial charge on any atom is -0.497 e. The number of benzene rings is 1. The Labute approximate surface area is 108 Å². The fraction of sp³-hybridized carbons (Fsp3) is 0.167. The van der Waals surface area contributed by atoms with Crippen LogP contribution in [0.3, 0.4) is 0 Å². The van der Waals surface area contributed by atoms with Gasteiger partial charge in [-0.25, -0.2) is 4.98 Å². The van der Waals surface area contributed by atoms with Crippen LogP contribution in [0.15, 0.2) is 30.7 Å². The molecule has 0 amide bonds. The summed E-state index contributed by atoms with van der Waals surface area (Å²) in [6.45, 7) is 0. The molecule has 0 aliphatic heterocycles. The molecule has 0 saturated carbocycles. The number of aromatic nitrogens is 5. The first kappa shape index (κ1) is 11.4. The average molecular weight is 257 g/mol. The van der Waals surface area contributed by atoms with Crippen molar-refractivity contribution in [3.63, 3.8) is 0 Å². The van der Waals surface area contributed by atoms with Gasteiger partial charge in [0.05, 0.1) is 26.1 Å². The van der Waals surface area contributed by atoms with E-state index in [1.54, 1.807) is 20.4 Å². The molecule has 1 aromatic carbocycles. The van der Waals surface area contributed by atoms with Crippen LogP contribution in [-0.2, 0) is 0 Å². The van der Waals surface area contributed by atoms with E-state index in [1.807, 2.05) is 18.2 Å². The van der Waals surface area contributed by atoms with E-state index in [4.69, 9.17) is 9.47 Å². The monoisotopic (exact) mass is 257 g/mol. The van der Waals surface area contributed by atoms with E-state index in [0.717, 1.165) is 11.3 Å². The van der Waals surface area contributed by atoms with Crippen LogP contribution in [-0.4, -0.2) is 39.0 Å². The van der Waals surface area contributed by atoms with E-state index in [1.165, 1.54) is 10.8 Å². The summed E-state index contributed by atoms with van der Waals surface area (Å²) in [5.74, 6) is 1.85. The molecule has 96 valence electrons. The minimum atomic E-state index is 0.433. The molecule has 0 spiro atoms. The van der Waals surface area contributed by atoms with E-state index < -0.39 is 0 Å². The number of nitrogens with zero attached hydrogens (tertiary/aromatic N) is 5. The first-order chi connectivity index (χ1) is 9.31. The second-order valence-corrected chi connectivity index (χ2v) is 3.78. The predicted octanol–water partition coefficient (Wildman–Crippen LogP) is 1.20. The Bertz CT molecular complexity index is 725. The highest BCUT2D eigenvalue weighted by molar-refractivity contribution is 5.69. The largest absolute Gasteiger partial charge is 0.497 e. The summed E-state index contributed by atoms with van der Waals surface area (Å²) in [5, 5.41) is 11.8. The van der Waals surface area contributed by atoms with Crippen molar-refractivity contribution in [2.45, 2.75) is 0 Å². The highest BCUT2D eigenvalue weighted by Crippen LogP contribution is 2.31. The molecule has 0 fully saturated rings. The van der Waals surface area contributed by atoms with Crippen LogP contribution in [0, 0.1) is 0 Å². The normalized spacial score (nSPS) is 10.6. The third-order valence-electron chi connectivity index (χ3n) is 2.72. The molecule has 0 saturated heterocycles. The Kier molecular flexibility index (Phi) is 2.71. The van der Waals surface area contributed by atoms with Crippen molar-refractivity contribution in [1.29, 1.82) is 0 Å². The number of rotatable bonds is 3. The molecule has 0 unspecified atom stereocenters. The van der Waals surface area contributed by atoms with Crippen LogP contribution in [0.1, 0.15) is 0 Å². The molecular weight excluding hydrogens is 246 g/mol. The zero-order valence-electron chi connectivity index (χ0n) is 10.4. The maximum atomic E-state index is 5.33. The maximum absolute atomic E-state index is 5.33. The molecule has 3 rings (SSSR count). The molecule has 7 nitrogen and oxygen atoms in total. The van der Waals surface area contributed by atoms with Crippen LogP contribution in [0.2, 0.25) is 0 Å². The number of hydrogen-bond acceptors (Lipinski definition) is 6. The Morgan fingerprint density at radius 3 is 2.84 bits per heavy atom. The zero-order valence-corrected chi connectivity index (χ0v) is 10.4. The van der Waals surface area contributed by atoms with Gasteiger partial charge in [0.2, 0.25) is 0 Å². The van der Waals surface area contributed by atoms with E-state index in [2.05, 4.69) is 20.3 Å². The van der Waals surface area contributed by atoms with Gasteiger partial charge in [0.1, 0.15) is 17.8 Å². The van der Waals surface area contributed by atoms with Crippen LogP contribution in [0.4, 0.5) is 0 Å². The molecular formula is C12H11N5O2. The van der Waals surface area contributed by atoms with E-state index in [-0.39, 0.29) is 0 Å². The molecule has 0 N–H and O–H groups in total. The number of methoxy groups -OCH3 is 2. The summed E-state index contributed by atoms with van der Waals surface area (Å²) >= 11 is 0. The summed E-state index contributed by atoms with van der Waals surface area (Å²) < 4.78 is 12.0. The summed E-state index contributed by atoms with van der Waals surface area (Å²) in [6.07, 6.45) is 3.13. The summed E-state index contributed by atoms with van der Waals surface area (Å²) in [7, 11) is 3.22. The highest BCUT2D eigenvalue weighted by Gasteiger charge is 2.11. The Balaban J connectivity index is 2.18. The lowest BCUT2D eigenvalue weighted by Gasteiger charge is -2.09. The van der Waals surface area contributed by atoms with Gasteiger partial charge in [0.15, 0.2) is 0 Å². The van der Waals surface area contributed by atoms with Crippen molar-refractivity contribution >= 4 is 5.78 Å². The topological polar surface area (TPSA) is 74.4 Å². The Hall–Kier alpha value is -2.70.